The van der Waals surface area contributed by atoms with E-state index in [1.807, 2.05) is 36.5 Å². The van der Waals surface area contributed by atoms with Gasteiger partial charge < -0.3 is 10.6 Å². The highest BCUT2D eigenvalue weighted by atomic mass is 16.2. The Labute approximate surface area is 118 Å². The van der Waals surface area contributed by atoms with Crippen molar-refractivity contribution in [3.05, 3.63) is 42.7 Å². The number of anilines is 1. The first-order valence-corrected chi connectivity index (χ1v) is 6.99. The zero-order valence-electron chi connectivity index (χ0n) is 11.2. The third kappa shape index (κ3) is 2.99. The maximum Gasteiger partial charge on any atom is 0.319 e. The van der Waals surface area contributed by atoms with Gasteiger partial charge in [0.05, 0.1) is 5.69 Å². The van der Waals surface area contributed by atoms with Gasteiger partial charge in [0.2, 0.25) is 0 Å². The molecule has 1 saturated carbocycles. The second-order valence-electron chi connectivity index (χ2n) is 5.08. The predicted molar refractivity (Wildman–Crippen MR) is 78.0 cm³/mol. The minimum absolute atomic E-state index is 0.130. The van der Waals surface area contributed by atoms with Crippen LogP contribution in [0.3, 0.4) is 0 Å². The zero-order valence-corrected chi connectivity index (χ0v) is 11.2. The SMILES string of the molecule is O=C(Nc1cccc(-n2cccn2)c1)NC1CCCC1. The van der Waals surface area contributed by atoms with E-state index < -0.39 is 0 Å². The summed E-state index contributed by atoms with van der Waals surface area (Å²) in [5.41, 5.74) is 1.70. The van der Waals surface area contributed by atoms with Crippen LogP contribution in [-0.2, 0) is 0 Å². The summed E-state index contributed by atoms with van der Waals surface area (Å²) in [5, 5.41) is 10.1. The van der Waals surface area contributed by atoms with Gasteiger partial charge in [0.1, 0.15) is 0 Å². The van der Waals surface area contributed by atoms with Crippen molar-refractivity contribution in [2.24, 2.45) is 0 Å². The van der Waals surface area contributed by atoms with Gasteiger partial charge in [0.15, 0.2) is 0 Å². The number of benzene rings is 1. The third-order valence-corrected chi connectivity index (χ3v) is 3.56. The van der Waals surface area contributed by atoms with Crippen LogP contribution in [0.4, 0.5) is 10.5 Å². The number of amides is 2. The van der Waals surface area contributed by atoms with E-state index in [1.165, 1.54) is 12.8 Å². The van der Waals surface area contributed by atoms with Crippen LogP contribution < -0.4 is 10.6 Å². The van der Waals surface area contributed by atoms with Crippen LogP contribution in [-0.4, -0.2) is 21.9 Å². The molecule has 20 heavy (non-hydrogen) atoms. The molecule has 2 amide bonds. The Morgan fingerprint density at radius 1 is 1.25 bits per heavy atom. The van der Waals surface area contributed by atoms with Gasteiger partial charge in [-0.15, -0.1) is 0 Å². The Hall–Kier alpha value is -2.30. The Bertz CT molecular complexity index is 573. The predicted octanol–water partition coefficient (Wildman–Crippen LogP) is 2.94. The minimum Gasteiger partial charge on any atom is -0.335 e. The average molecular weight is 270 g/mol. The molecule has 5 heteroatoms. The van der Waals surface area contributed by atoms with Gasteiger partial charge in [-0.1, -0.05) is 18.9 Å². The van der Waals surface area contributed by atoms with Crippen molar-refractivity contribution in [3.63, 3.8) is 0 Å². The first kappa shape index (κ1) is 12.7. The van der Waals surface area contributed by atoms with Gasteiger partial charge in [-0.05, 0) is 37.1 Å². The molecule has 1 fully saturated rings. The summed E-state index contributed by atoms with van der Waals surface area (Å²) in [6, 6.07) is 9.70. The molecule has 1 aliphatic rings. The number of rotatable bonds is 3. The third-order valence-electron chi connectivity index (χ3n) is 3.56. The van der Waals surface area contributed by atoms with Gasteiger partial charge in [0, 0.05) is 24.1 Å². The molecule has 3 rings (SSSR count). The second kappa shape index (κ2) is 5.77. The van der Waals surface area contributed by atoms with Gasteiger partial charge in [0.25, 0.3) is 0 Å². The van der Waals surface area contributed by atoms with Crippen molar-refractivity contribution in [1.29, 1.82) is 0 Å². The molecule has 0 spiro atoms. The van der Waals surface area contributed by atoms with Crippen LogP contribution >= 0.6 is 0 Å². The number of hydrogen-bond donors (Lipinski definition) is 2. The van der Waals surface area contributed by atoms with E-state index in [9.17, 15) is 4.79 Å². The van der Waals surface area contributed by atoms with Crippen LogP contribution in [0.1, 0.15) is 25.7 Å². The summed E-state index contributed by atoms with van der Waals surface area (Å²) >= 11 is 0. The molecule has 0 atom stereocenters. The molecule has 2 N–H and O–H groups in total. The topological polar surface area (TPSA) is 59.0 Å². The van der Waals surface area contributed by atoms with E-state index in [4.69, 9.17) is 0 Å². The van der Waals surface area contributed by atoms with Crippen LogP contribution in [0.5, 0.6) is 0 Å². The molecule has 5 nitrogen and oxygen atoms in total. The number of nitrogens with one attached hydrogen (secondary N) is 2. The fourth-order valence-corrected chi connectivity index (χ4v) is 2.57. The number of nitrogens with zero attached hydrogens (tertiary/aromatic N) is 2. The number of carbonyl (C=O) groups excluding carboxylic acids is 1. The fraction of sp³-hybridized carbons (Fsp3) is 0.333. The molecule has 104 valence electrons. The lowest BCUT2D eigenvalue weighted by atomic mass is 10.2. The van der Waals surface area contributed by atoms with Crippen LogP contribution in [0.15, 0.2) is 42.7 Å². The molecule has 0 aliphatic heterocycles. The number of aromatic nitrogens is 2. The number of carbonyl (C=O) groups is 1. The van der Waals surface area contributed by atoms with Crippen molar-refractivity contribution in [3.8, 4) is 5.69 Å². The van der Waals surface area contributed by atoms with Crippen LogP contribution in [0.2, 0.25) is 0 Å². The Morgan fingerprint density at radius 2 is 2.10 bits per heavy atom. The maximum atomic E-state index is 11.9. The molecule has 0 saturated heterocycles. The first-order valence-electron chi connectivity index (χ1n) is 6.99. The summed E-state index contributed by atoms with van der Waals surface area (Å²) in [6.07, 6.45) is 8.19. The van der Waals surface area contributed by atoms with E-state index in [2.05, 4.69) is 15.7 Å². The van der Waals surface area contributed by atoms with Gasteiger partial charge in [-0.25, -0.2) is 9.48 Å². The molecular formula is C15H18N4O. The fourth-order valence-electron chi connectivity index (χ4n) is 2.57. The van der Waals surface area contributed by atoms with Crippen molar-refractivity contribution in [2.75, 3.05) is 5.32 Å². The molecule has 1 aliphatic carbocycles. The summed E-state index contributed by atoms with van der Waals surface area (Å²) in [5.74, 6) is 0. The Kier molecular flexibility index (Phi) is 3.67. The molecule has 0 bridgehead atoms. The lowest BCUT2D eigenvalue weighted by Gasteiger charge is -2.13. The van der Waals surface area contributed by atoms with E-state index in [0.717, 1.165) is 24.2 Å². The molecule has 1 aromatic carbocycles. The monoisotopic (exact) mass is 270 g/mol. The zero-order chi connectivity index (χ0) is 13.8. The normalized spacial score (nSPS) is 15.2. The van der Waals surface area contributed by atoms with E-state index in [1.54, 1.807) is 10.9 Å². The molecular weight excluding hydrogens is 252 g/mol. The van der Waals surface area contributed by atoms with Crippen LogP contribution in [0, 0.1) is 0 Å². The largest absolute Gasteiger partial charge is 0.335 e. The van der Waals surface area contributed by atoms with Crippen molar-refractivity contribution in [1.82, 2.24) is 15.1 Å². The molecule has 1 aromatic heterocycles. The average Bonchev–Trinajstić information content (AvgIpc) is 3.11. The smallest absolute Gasteiger partial charge is 0.319 e. The highest BCUT2D eigenvalue weighted by Gasteiger charge is 2.16. The lowest BCUT2D eigenvalue weighted by Crippen LogP contribution is -2.36. The first-order chi connectivity index (χ1) is 9.81. The maximum absolute atomic E-state index is 11.9. The summed E-state index contributed by atoms with van der Waals surface area (Å²) in [7, 11) is 0. The molecule has 0 unspecified atom stereocenters. The summed E-state index contributed by atoms with van der Waals surface area (Å²) in [4.78, 5) is 11.9. The highest BCUT2D eigenvalue weighted by Crippen LogP contribution is 2.18. The molecule has 2 aromatic rings. The summed E-state index contributed by atoms with van der Waals surface area (Å²) in [6.45, 7) is 0. The van der Waals surface area contributed by atoms with E-state index in [-0.39, 0.29) is 6.03 Å². The van der Waals surface area contributed by atoms with Crippen LogP contribution in [0.25, 0.3) is 5.69 Å². The van der Waals surface area contributed by atoms with E-state index >= 15 is 0 Å². The number of hydrogen-bond acceptors (Lipinski definition) is 2. The highest BCUT2D eigenvalue weighted by molar-refractivity contribution is 5.89. The second-order valence-corrected chi connectivity index (χ2v) is 5.08. The molecule has 0 radical (unpaired) electrons. The van der Waals surface area contributed by atoms with Gasteiger partial charge >= 0.3 is 6.03 Å². The lowest BCUT2D eigenvalue weighted by molar-refractivity contribution is 0.248. The Balaban J connectivity index is 1.65. The van der Waals surface area contributed by atoms with Crippen molar-refractivity contribution in [2.45, 2.75) is 31.7 Å². The standard InChI is InChI=1S/C15H18N4O/c20-15(17-12-5-1-2-6-12)18-13-7-3-8-14(11-13)19-10-4-9-16-19/h3-4,7-12H,1-2,5-6H2,(H2,17,18,20). The van der Waals surface area contributed by atoms with E-state index in [0.29, 0.717) is 6.04 Å². The number of urea groups is 1. The summed E-state index contributed by atoms with van der Waals surface area (Å²) < 4.78 is 1.76. The quantitative estimate of drug-likeness (QED) is 0.901. The minimum atomic E-state index is -0.130. The van der Waals surface area contributed by atoms with Gasteiger partial charge in [-0.2, -0.15) is 5.10 Å². The van der Waals surface area contributed by atoms with Crippen molar-refractivity contribution < 1.29 is 4.79 Å². The molecule has 1 heterocycles. The van der Waals surface area contributed by atoms with Gasteiger partial charge in [-0.3, -0.25) is 0 Å². The van der Waals surface area contributed by atoms with Crippen molar-refractivity contribution >= 4 is 11.7 Å². The Morgan fingerprint density at radius 3 is 2.85 bits per heavy atom.